The first-order valence-electron chi connectivity index (χ1n) is 10.2. The number of benzene rings is 2. The van der Waals surface area contributed by atoms with Gasteiger partial charge >= 0.3 is 0 Å². The Hall–Kier alpha value is -2.41. The molecule has 1 fully saturated rings. The van der Waals surface area contributed by atoms with E-state index < -0.39 is 11.6 Å². The highest BCUT2D eigenvalue weighted by Crippen LogP contribution is 2.23. The maximum atomic E-state index is 13.2. The van der Waals surface area contributed by atoms with Crippen LogP contribution in [0.3, 0.4) is 0 Å². The maximum absolute atomic E-state index is 13.2. The molecule has 0 aromatic heterocycles. The van der Waals surface area contributed by atoms with Gasteiger partial charge in [0.1, 0.15) is 0 Å². The summed E-state index contributed by atoms with van der Waals surface area (Å²) in [5.74, 6) is -1.08. The van der Waals surface area contributed by atoms with E-state index in [0.717, 1.165) is 36.4 Å². The second-order valence-electron chi connectivity index (χ2n) is 7.51. The number of amides is 2. The summed E-state index contributed by atoms with van der Waals surface area (Å²) in [5.41, 5.74) is 0.521. The third kappa shape index (κ3) is 6.83. The summed E-state index contributed by atoms with van der Waals surface area (Å²) >= 11 is 1.54. The molecule has 160 valence electrons. The molecule has 1 aliphatic heterocycles. The van der Waals surface area contributed by atoms with Crippen molar-refractivity contribution in [2.75, 3.05) is 18.8 Å². The Morgan fingerprint density at radius 2 is 1.90 bits per heavy atom. The Morgan fingerprint density at radius 1 is 1.10 bits per heavy atom. The third-order valence-electron chi connectivity index (χ3n) is 5.23. The summed E-state index contributed by atoms with van der Waals surface area (Å²) < 4.78 is 26.2. The normalized spacial score (nSPS) is 16.3. The van der Waals surface area contributed by atoms with Crippen LogP contribution in [0.4, 0.5) is 8.78 Å². The highest BCUT2D eigenvalue weighted by atomic mass is 32.2. The first-order valence-corrected chi connectivity index (χ1v) is 11.2. The standard InChI is InChI=1S/C23H26F2N2O2S/c24-20-10-8-18(13-21(20)25)14-26-22(28)11-9-17-5-4-12-27(15-17)23(29)16-30-19-6-2-1-3-7-19/h1-3,6-8,10,13,17H,4-5,9,11-12,14-16H2,(H,26,28). The lowest BCUT2D eigenvalue weighted by Gasteiger charge is -2.32. The van der Waals surface area contributed by atoms with Crippen LogP contribution in [0, 0.1) is 17.6 Å². The van der Waals surface area contributed by atoms with Gasteiger partial charge < -0.3 is 10.2 Å². The zero-order valence-corrected chi connectivity index (χ0v) is 17.6. The van der Waals surface area contributed by atoms with E-state index in [1.165, 1.54) is 6.07 Å². The zero-order chi connectivity index (χ0) is 21.3. The molecule has 0 aliphatic carbocycles. The van der Waals surface area contributed by atoms with Crippen LogP contribution >= 0.6 is 11.8 Å². The molecule has 30 heavy (non-hydrogen) atoms. The number of piperidine rings is 1. The van der Waals surface area contributed by atoms with Gasteiger partial charge in [-0.2, -0.15) is 0 Å². The average Bonchev–Trinajstić information content (AvgIpc) is 2.77. The Bertz CT molecular complexity index is 864. The molecule has 1 aliphatic rings. The number of carbonyl (C=O) groups is 2. The molecule has 1 heterocycles. The number of carbonyl (C=O) groups excluding carboxylic acids is 2. The average molecular weight is 433 g/mol. The Balaban J connectivity index is 1.38. The first kappa shape index (κ1) is 22.3. The Kier molecular flexibility index (Phi) is 8.25. The van der Waals surface area contributed by atoms with Gasteiger partial charge in [-0.25, -0.2) is 8.78 Å². The van der Waals surface area contributed by atoms with Crippen LogP contribution in [-0.4, -0.2) is 35.6 Å². The summed E-state index contributed by atoms with van der Waals surface area (Å²) in [6, 6.07) is 13.5. The molecule has 0 radical (unpaired) electrons. The lowest BCUT2D eigenvalue weighted by molar-refractivity contribution is -0.130. The van der Waals surface area contributed by atoms with Gasteiger partial charge in [0.25, 0.3) is 0 Å². The van der Waals surface area contributed by atoms with Crippen molar-refractivity contribution < 1.29 is 18.4 Å². The van der Waals surface area contributed by atoms with Crippen LogP contribution in [0.1, 0.15) is 31.2 Å². The first-order chi connectivity index (χ1) is 14.5. The van der Waals surface area contributed by atoms with Crippen LogP contribution in [-0.2, 0) is 16.1 Å². The van der Waals surface area contributed by atoms with Crippen LogP contribution in [0.5, 0.6) is 0 Å². The van der Waals surface area contributed by atoms with E-state index >= 15 is 0 Å². The third-order valence-corrected chi connectivity index (χ3v) is 6.23. The number of halogens is 2. The SMILES string of the molecule is O=C(CCC1CCCN(C(=O)CSc2ccccc2)C1)NCc1ccc(F)c(F)c1. The van der Waals surface area contributed by atoms with Gasteiger partial charge in [0, 0.05) is 31.0 Å². The Labute approximate surface area is 180 Å². The minimum Gasteiger partial charge on any atom is -0.352 e. The largest absolute Gasteiger partial charge is 0.352 e. The minimum absolute atomic E-state index is 0.122. The fraction of sp³-hybridized carbons (Fsp3) is 0.391. The van der Waals surface area contributed by atoms with E-state index in [9.17, 15) is 18.4 Å². The number of rotatable bonds is 8. The summed E-state index contributed by atoms with van der Waals surface area (Å²) in [5, 5.41) is 2.75. The molecule has 1 saturated heterocycles. The Morgan fingerprint density at radius 3 is 2.67 bits per heavy atom. The molecule has 0 spiro atoms. The molecule has 0 saturated carbocycles. The minimum atomic E-state index is -0.917. The van der Waals surface area contributed by atoms with Crippen LogP contribution in [0.25, 0.3) is 0 Å². The van der Waals surface area contributed by atoms with Crippen LogP contribution in [0.15, 0.2) is 53.4 Å². The van der Waals surface area contributed by atoms with Gasteiger partial charge in [0.15, 0.2) is 11.6 Å². The van der Waals surface area contributed by atoms with Crippen molar-refractivity contribution in [2.45, 2.75) is 37.1 Å². The molecule has 0 bridgehead atoms. The molecule has 1 atom stereocenters. The molecule has 4 nitrogen and oxygen atoms in total. The smallest absolute Gasteiger partial charge is 0.232 e. The lowest BCUT2D eigenvalue weighted by Crippen LogP contribution is -2.41. The summed E-state index contributed by atoms with van der Waals surface area (Å²) in [4.78, 5) is 27.6. The zero-order valence-electron chi connectivity index (χ0n) is 16.8. The van der Waals surface area contributed by atoms with Crippen molar-refractivity contribution in [3.8, 4) is 0 Å². The fourth-order valence-corrected chi connectivity index (χ4v) is 4.38. The number of nitrogens with zero attached hydrogens (tertiary/aromatic N) is 1. The van der Waals surface area contributed by atoms with Crippen molar-refractivity contribution in [1.82, 2.24) is 10.2 Å². The van der Waals surface area contributed by atoms with E-state index in [0.29, 0.717) is 36.6 Å². The van der Waals surface area contributed by atoms with E-state index in [1.807, 2.05) is 35.2 Å². The van der Waals surface area contributed by atoms with Crippen molar-refractivity contribution in [2.24, 2.45) is 5.92 Å². The molecule has 2 amide bonds. The molecule has 3 rings (SSSR count). The summed E-state index contributed by atoms with van der Waals surface area (Å²) in [6.45, 7) is 1.62. The number of hydrogen-bond donors (Lipinski definition) is 1. The van der Waals surface area contributed by atoms with E-state index in [4.69, 9.17) is 0 Å². The second kappa shape index (κ2) is 11.1. The highest BCUT2D eigenvalue weighted by molar-refractivity contribution is 8.00. The van der Waals surface area contributed by atoms with Crippen molar-refractivity contribution in [3.63, 3.8) is 0 Å². The predicted octanol–water partition coefficient (Wildman–Crippen LogP) is 4.39. The van der Waals surface area contributed by atoms with Gasteiger partial charge in [-0.1, -0.05) is 24.3 Å². The molecular formula is C23H26F2N2O2S. The highest BCUT2D eigenvalue weighted by Gasteiger charge is 2.24. The van der Waals surface area contributed by atoms with E-state index in [1.54, 1.807) is 11.8 Å². The molecule has 1 N–H and O–H groups in total. The van der Waals surface area contributed by atoms with E-state index in [-0.39, 0.29) is 18.4 Å². The van der Waals surface area contributed by atoms with E-state index in [2.05, 4.69) is 5.32 Å². The van der Waals surface area contributed by atoms with Crippen LogP contribution < -0.4 is 5.32 Å². The summed E-state index contributed by atoms with van der Waals surface area (Å²) in [6.07, 6.45) is 3.02. The molecule has 2 aromatic rings. The van der Waals surface area contributed by atoms with Crippen molar-refractivity contribution >= 4 is 23.6 Å². The second-order valence-corrected chi connectivity index (χ2v) is 8.56. The van der Waals surface area contributed by atoms with Gasteiger partial charge in [-0.3, -0.25) is 9.59 Å². The van der Waals surface area contributed by atoms with Crippen molar-refractivity contribution in [3.05, 3.63) is 65.7 Å². The van der Waals surface area contributed by atoms with Gasteiger partial charge in [-0.15, -0.1) is 11.8 Å². The van der Waals surface area contributed by atoms with Gasteiger partial charge in [0.2, 0.25) is 11.8 Å². The topological polar surface area (TPSA) is 49.4 Å². The molecule has 1 unspecified atom stereocenters. The fourth-order valence-electron chi connectivity index (χ4n) is 3.55. The number of hydrogen-bond acceptors (Lipinski definition) is 3. The maximum Gasteiger partial charge on any atom is 0.232 e. The number of likely N-dealkylation sites (tertiary alicyclic amines) is 1. The number of nitrogens with one attached hydrogen (secondary N) is 1. The quantitative estimate of drug-likeness (QED) is 0.630. The number of thioether (sulfide) groups is 1. The van der Waals surface area contributed by atoms with Gasteiger partial charge in [0.05, 0.1) is 5.75 Å². The predicted molar refractivity (Wildman–Crippen MR) is 114 cm³/mol. The molecule has 7 heteroatoms. The molecule has 2 aromatic carbocycles. The lowest BCUT2D eigenvalue weighted by atomic mass is 9.93. The van der Waals surface area contributed by atoms with Crippen LogP contribution in [0.2, 0.25) is 0 Å². The van der Waals surface area contributed by atoms with Crippen molar-refractivity contribution in [1.29, 1.82) is 0 Å². The molecular weight excluding hydrogens is 406 g/mol. The monoisotopic (exact) mass is 432 g/mol. The van der Waals surface area contributed by atoms with Gasteiger partial charge in [-0.05, 0) is 55.0 Å². The summed E-state index contributed by atoms with van der Waals surface area (Å²) in [7, 11) is 0.